The van der Waals surface area contributed by atoms with Gasteiger partial charge in [0.2, 0.25) is 6.17 Å². The van der Waals surface area contributed by atoms with Crippen LogP contribution in [0.1, 0.15) is 0 Å². The number of alkyl halides is 6. The molecule has 0 rings (SSSR count). The maximum Gasteiger partial charge on any atom is 0.299 e. The molecule has 0 saturated carbocycles. The van der Waals surface area contributed by atoms with Crippen molar-refractivity contribution in [2.75, 3.05) is 0 Å². The van der Waals surface area contributed by atoms with Gasteiger partial charge in [-0.15, -0.1) is 0 Å². The molecule has 2 unspecified atom stereocenters. The number of halogens is 6. The van der Waals surface area contributed by atoms with Gasteiger partial charge in [-0.1, -0.05) is 6.58 Å². The molecular formula is C6H6F6. The molecule has 0 aromatic carbocycles. The molecule has 6 heteroatoms. The van der Waals surface area contributed by atoms with Crippen LogP contribution >= 0.6 is 0 Å². The third-order valence-corrected chi connectivity index (χ3v) is 1.16. The van der Waals surface area contributed by atoms with E-state index in [0.29, 0.717) is 0 Å². The predicted octanol–water partition coefficient (Wildman–Crippen LogP) is 2.75. The van der Waals surface area contributed by atoms with Gasteiger partial charge in [-0.25, -0.2) is 17.6 Å². The van der Waals surface area contributed by atoms with Gasteiger partial charge in [0.15, 0.2) is 6.17 Å². The van der Waals surface area contributed by atoms with Crippen molar-refractivity contribution < 1.29 is 26.3 Å². The quantitative estimate of drug-likeness (QED) is 0.474. The van der Waals surface area contributed by atoms with E-state index in [0.717, 1.165) is 0 Å². The highest BCUT2D eigenvalue weighted by atomic mass is 19.3. The summed E-state index contributed by atoms with van der Waals surface area (Å²) in [4.78, 5) is 0. The topological polar surface area (TPSA) is 0 Å². The Balaban J connectivity index is 4.37. The molecule has 2 atom stereocenters. The number of allylic oxidation sites excluding steroid dienone is 1. The minimum atomic E-state index is -4.25. The second-order valence-corrected chi connectivity index (χ2v) is 2.06. The summed E-state index contributed by atoms with van der Waals surface area (Å²) in [6.07, 6.45) is -11.0. The van der Waals surface area contributed by atoms with Gasteiger partial charge < -0.3 is 0 Å². The standard InChI is InChI=1S/C6H6F6/c1-2-6(11,12)4(8)3(7)5(9)10/h2-5H,1H2. The number of hydrogen-bond acceptors (Lipinski definition) is 0. The second-order valence-electron chi connectivity index (χ2n) is 2.06. The van der Waals surface area contributed by atoms with Crippen LogP contribution in [0.2, 0.25) is 0 Å². The van der Waals surface area contributed by atoms with Crippen molar-refractivity contribution in [2.24, 2.45) is 0 Å². The van der Waals surface area contributed by atoms with Crippen molar-refractivity contribution in [3.05, 3.63) is 12.7 Å². The summed E-state index contributed by atoms with van der Waals surface area (Å²) in [5.41, 5.74) is 0. The van der Waals surface area contributed by atoms with Crippen LogP contribution in [0, 0.1) is 0 Å². The Morgan fingerprint density at radius 3 is 1.75 bits per heavy atom. The molecule has 0 spiro atoms. The monoisotopic (exact) mass is 192 g/mol. The van der Waals surface area contributed by atoms with Crippen molar-refractivity contribution in [3.8, 4) is 0 Å². The Morgan fingerprint density at radius 2 is 1.50 bits per heavy atom. The van der Waals surface area contributed by atoms with Gasteiger partial charge in [-0.05, 0) is 6.08 Å². The zero-order valence-electron chi connectivity index (χ0n) is 5.78. The van der Waals surface area contributed by atoms with E-state index in [1.165, 1.54) is 0 Å². The average Bonchev–Trinajstić information content (AvgIpc) is 2.01. The molecule has 72 valence electrons. The molecule has 0 fully saturated rings. The fourth-order valence-corrected chi connectivity index (χ4v) is 0.453. The summed E-state index contributed by atoms with van der Waals surface area (Å²) in [6.45, 7) is 2.49. The van der Waals surface area contributed by atoms with E-state index in [9.17, 15) is 26.3 Å². The predicted molar refractivity (Wildman–Crippen MR) is 30.9 cm³/mol. The molecule has 0 aliphatic rings. The molecule has 0 aliphatic heterocycles. The Bertz CT molecular complexity index is 154. The van der Waals surface area contributed by atoms with Crippen LogP contribution in [0.4, 0.5) is 26.3 Å². The summed E-state index contributed by atoms with van der Waals surface area (Å²) in [6, 6.07) is 0. The third kappa shape index (κ3) is 2.42. The molecule has 0 aromatic rings. The van der Waals surface area contributed by atoms with Gasteiger partial charge in [-0.2, -0.15) is 8.78 Å². The van der Waals surface area contributed by atoms with Crippen LogP contribution in [0.5, 0.6) is 0 Å². The lowest BCUT2D eigenvalue weighted by atomic mass is 10.1. The van der Waals surface area contributed by atoms with E-state index >= 15 is 0 Å². The van der Waals surface area contributed by atoms with Gasteiger partial charge in [-0.3, -0.25) is 0 Å². The molecule has 0 radical (unpaired) electrons. The highest BCUT2D eigenvalue weighted by molar-refractivity contribution is 4.96. The Hall–Kier alpha value is -0.680. The third-order valence-electron chi connectivity index (χ3n) is 1.16. The maximum atomic E-state index is 12.1. The van der Waals surface area contributed by atoms with Crippen molar-refractivity contribution in [3.63, 3.8) is 0 Å². The minimum absolute atomic E-state index is 0.202. The summed E-state index contributed by atoms with van der Waals surface area (Å²) in [7, 11) is 0. The molecule has 12 heavy (non-hydrogen) atoms. The smallest absolute Gasteiger partial charge is 0.238 e. The normalized spacial score (nSPS) is 17.6. The van der Waals surface area contributed by atoms with E-state index in [-0.39, 0.29) is 6.08 Å². The van der Waals surface area contributed by atoms with E-state index in [2.05, 4.69) is 6.58 Å². The fourth-order valence-electron chi connectivity index (χ4n) is 0.453. The van der Waals surface area contributed by atoms with Crippen molar-refractivity contribution in [2.45, 2.75) is 24.7 Å². The van der Waals surface area contributed by atoms with Crippen LogP contribution in [-0.2, 0) is 0 Å². The molecule has 0 aliphatic carbocycles. The maximum absolute atomic E-state index is 12.1. The van der Waals surface area contributed by atoms with Crippen molar-refractivity contribution in [1.29, 1.82) is 0 Å². The highest BCUT2D eigenvalue weighted by Gasteiger charge is 2.46. The first kappa shape index (κ1) is 11.3. The van der Waals surface area contributed by atoms with Crippen molar-refractivity contribution >= 4 is 0 Å². The van der Waals surface area contributed by atoms with E-state index < -0.39 is 24.7 Å². The zero-order chi connectivity index (χ0) is 9.94. The van der Waals surface area contributed by atoms with E-state index in [4.69, 9.17) is 0 Å². The summed E-state index contributed by atoms with van der Waals surface area (Å²) in [5.74, 6) is -4.25. The molecule has 0 bridgehead atoms. The van der Waals surface area contributed by atoms with E-state index in [1.54, 1.807) is 0 Å². The molecule has 0 aromatic heterocycles. The summed E-state index contributed by atoms with van der Waals surface area (Å²) >= 11 is 0. The van der Waals surface area contributed by atoms with E-state index in [1.807, 2.05) is 0 Å². The largest absolute Gasteiger partial charge is 0.299 e. The Kier molecular flexibility index (Phi) is 3.60. The van der Waals surface area contributed by atoms with Gasteiger partial charge in [0, 0.05) is 0 Å². The fraction of sp³-hybridized carbons (Fsp3) is 0.667. The van der Waals surface area contributed by atoms with Crippen LogP contribution in [-0.4, -0.2) is 24.7 Å². The van der Waals surface area contributed by atoms with Gasteiger partial charge in [0.1, 0.15) is 0 Å². The Labute approximate surface area is 64.9 Å². The number of rotatable bonds is 4. The average molecular weight is 192 g/mol. The summed E-state index contributed by atoms with van der Waals surface area (Å²) < 4.78 is 71.0. The molecular weight excluding hydrogens is 186 g/mol. The zero-order valence-corrected chi connectivity index (χ0v) is 5.78. The van der Waals surface area contributed by atoms with Crippen LogP contribution in [0.25, 0.3) is 0 Å². The Morgan fingerprint density at radius 1 is 1.08 bits per heavy atom. The molecule has 0 amide bonds. The lowest BCUT2D eigenvalue weighted by molar-refractivity contribution is -0.0977. The molecule has 0 heterocycles. The van der Waals surface area contributed by atoms with Gasteiger partial charge in [0.25, 0.3) is 12.3 Å². The van der Waals surface area contributed by atoms with Gasteiger partial charge >= 0.3 is 0 Å². The first-order valence-electron chi connectivity index (χ1n) is 2.90. The molecule has 0 N–H and O–H groups in total. The lowest BCUT2D eigenvalue weighted by Crippen LogP contribution is -2.39. The van der Waals surface area contributed by atoms with Crippen LogP contribution < -0.4 is 0 Å². The first-order valence-corrected chi connectivity index (χ1v) is 2.90. The second kappa shape index (κ2) is 3.82. The lowest BCUT2D eigenvalue weighted by Gasteiger charge is -2.19. The van der Waals surface area contributed by atoms with Crippen LogP contribution in [0.3, 0.4) is 0 Å². The number of hydrogen-bond donors (Lipinski definition) is 0. The van der Waals surface area contributed by atoms with Crippen LogP contribution in [0.15, 0.2) is 12.7 Å². The molecule has 0 saturated heterocycles. The SMILES string of the molecule is C=CC(F)(F)C(F)C(F)C(F)F. The minimum Gasteiger partial charge on any atom is -0.238 e. The first-order chi connectivity index (χ1) is 5.33. The van der Waals surface area contributed by atoms with Gasteiger partial charge in [0.05, 0.1) is 0 Å². The molecule has 0 nitrogen and oxygen atoms in total. The summed E-state index contributed by atoms with van der Waals surface area (Å²) in [5, 5.41) is 0. The van der Waals surface area contributed by atoms with Crippen molar-refractivity contribution in [1.82, 2.24) is 0 Å². The highest BCUT2D eigenvalue weighted by Crippen LogP contribution is 2.29.